The number of urea groups is 1. The van der Waals surface area contributed by atoms with E-state index < -0.39 is 6.03 Å². The van der Waals surface area contributed by atoms with Crippen molar-refractivity contribution in [2.24, 2.45) is 5.73 Å². The van der Waals surface area contributed by atoms with Crippen LogP contribution in [0.1, 0.15) is 21.5 Å². The number of aryl methyl sites for hydroxylation is 1. The van der Waals surface area contributed by atoms with Crippen LogP contribution in [0.3, 0.4) is 0 Å². The van der Waals surface area contributed by atoms with Gasteiger partial charge in [-0.15, -0.1) is 0 Å². The van der Waals surface area contributed by atoms with Gasteiger partial charge in [0.15, 0.2) is 0 Å². The first-order chi connectivity index (χ1) is 11.0. The summed E-state index contributed by atoms with van der Waals surface area (Å²) in [4.78, 5) is 22.9. The van der Waals surface area contributed by atoms with Crippen LogP contribution in [-0.2, 0) is 6.54 Å². The van der Waals surface area contributed by atoms with E-state index in [9.17, 15) is 9.59 Å². The number of hydrogen-bond donors (Lipinski definition) is 3. The second kappa shape index (κ2) is 7.31. The van der Waals surface area contributed by atoms with Crippen molar-refractivity contribution < 1.29 is 14.3 Å². The van der Waals surface area contributed by atoms with Gasteiger partial charge in [0, 0.05) is 17.8 Å². The highest BCUT2D eigenvalue weighted by molar-refractivity contribution is 5.94. The Morgan fingerprint density at radius 1 is 1.13 bits per heavy atom. The van der Waals surface area contributed by atoms with Gasteiger partial charge in [-0.3, -0.25) is 4.79 Å². The largest absolute Gasteiger partial charge is 0.496 e. The number of rotatable bonds is 5. The van der Waals surface area contributed by atoms with Crippen molar-refractivity contribution in [2.45, 2.75) is 13.5 Å². The van der Waals surface area contributed by atoms with E-state index in [-0.39, 0.29) is 5.91 Å². The summed E-state index contributed by atoms with van der Waals surface area (Å²) in [7, 11) is 1.58. The summed E-state index contributed by atoms with van der Waals surface area (Å²) < 4.78 is 5.22. The van der Waals surface area contributed by atoms with Gasteiger partial charge in [-0.25, -0.2) is 4.79 Å². The third kappa shape index (κ3) is 4.47. The average Bonchev–Trinajstić information content (AvgIpc) is 2.54. The fourth-order valence-corrected chi connectivity index (χ4v) is 2.09. The molecule has 0 atom stereocenters. The summed E-state index contributed by atoms with van der Waals surface area (Å²) in [6.07, 6.45) is 0. The quantitative estimate of drug-likeness (QED) is 0.791. The first-order valence-electron chi connectivity index (χ1n) is 7.08. The molecule has 6 nitrogen and oxygen atoms in total. The van der Waals surface area contributed by atoms with Crippen molar-refractivity contribution in [3.8, 4) is 5.75 Å². The molecule has 0 saturated carbocycles. The number of anilines is 1. The Labute approximate surface area is 134 Å². The van der Waals surface area contributed by atoms with E-state index >= 15 is 0 Å². The minimum absolute atomic E-state index is 0.178. The predicted molar refractivity (Wildman–Crippen MR) is 88.5 cm³/mol. The molecule has 0 heterocycles. The van der Waals surface area contributed by atoms with Crippen LogP contribution in [0, 0.1) is 6.92 Å². The van der Waals surface area contributed by atoms with Crippen molar-refractivity contribution in [3.05, 3.63) is 59.2 Å². The Morgan fingerprint density at radius 2 is 1.83 bits per heavy atom. The highest BCUT2D eigenvalue weighted by Crippen LogP contribution is 2.19. The highest BCUT2D eigenvalue weighted by Gasteiger charge is 2.08. The number of carbonyl (C=O) groups excluding carboxylic acids is 2. The van der Waals surface area contributed by atoms with E-state index in [1.807, 2.05) is 13.0 Å². The summed E-state index contributed by atoms with van der Waals surface area (Å²) >= 11 is 0. The number of benzene rings is 2. The molecule has 0 unspecified atom stereocenters. The van der Waals surface area contributed by atoms with Gasteiger partial charge in [-0.05, 0) is 42.3 Å². The number of methoxy groups -OCH3 is 1. The zero-order chi connectivity index (χ0) is 16.8. The molecular formula is C17H19N3O3. The van der Waals surface area contributed by atoms with Crippen molar-refractivity contribution in [1.82, 2.24) is 5.32 Å². The normalized spacial score (nSPS) is 10.0. The van der Waals surface area contributed by atoms with Crippen LogP contribution in [0.5, 0.6) is 5.75 Å². The summed E-state index contributed by atoms with van der Waals surface area (Å²) in [6.45, 7) is 2.30. The SMILES string of the molecule is COc1cc(C(=O)NCc2ccc(NC(N)=O)cc2)ccc1C. The Morgan fingerprint density at radius 3 is 2.43 bits per heavy atom. The molecule has 23 heavy (non-hydrogen) atoms. The van der Waals surface area contributed by atoms with Gasteiger partial charge in [-0.1, -0.05) is 18.2 Å². The van der Waals surface area contributed by atoms with Crippen LogP contribution >= 0.6 is 0 Å². The molecule has 2 aromatic carbocycles. The lowest BCUT2D eigenvalue weighted by Gasteiger charge is -2.09. The molecule has 4 N–H and O–H groups in total. The molecule has 0 fully saturated rings. The average molecular weight is 313 g/mol. The molecular weight excluding hydrogens is 294 g/mol. The number of carbonyl (C=O) groups is 2. The smallest absolute Gasteiger partial charge is 0.316 e. The maximum Gasteiger partial charge on any atom is 0.316 e. The zero-order valence-electron chi connectivity index (χ0n) is 13.1. The first kappa shape index (κ1) is 16.4. The van der Waals surface area contributed by atoms with E-state index in [1.54, 1.807) is 43.5 Å². The van der Waals surface area contributed by atoms with E-state index in [2.05, 4.69) is 10.6 Å². The van der Waals surface area contributed by atoms with Gasteiger partial charge in [0.05, 0.1) is 7.11 Å². The Bertz CT molecular complexity index is 712. The second-order valence-corrected chi connectivity index (χ2v) is 5.05. The second-order valence-electron chi connectivity index (χ2n) is 5.05. The molecule has 0 aliphatic heterocycles. The molecule has 0 spiro atoms. The minimum atomic E-state index is -0.612. The minimum Gasteiger partial charge on any atom is -0.496 e. The maximum absolute atomic E-state index is 12.2. The molecule has 0 aromatic heterocycles. The van der Waals surface area contributed by atoms with Crippen LogP contribution in [0.25, 0.3) is 0 Å². The van der Waals surface area contributed by atoms with Gasteiger partial charge >= 0.3 is 6.03 Å². The van der Waals surface area contributed by atoms with Crippen LogP contribution in [0.4, 0.5) is 10.5 Å². The molecule has 0 aliphatic rings. The number of hydrogen-bond acceptors (Lipinski definition) is 3. The third-order valence-electron chi connectivity index (χ3n) is 3.34. The molecule has 0 radical (unpaired) electrons. The highest BCUT2D eigenvalue weighted by atomic mass is 16.5. The van der Waals surface area contributed by atoms with E-state index in [4.69, 9.17) is 10.5 Å². The van der Waals surface area contributed by atoms with Crippen molar-refractivity contribution >= 4 is 17.6 Å². The van der Waals surface area contributed by atoms with Crippen LogP contribution in [-0.4, -0.2) is 19.0 Å². The number of amides is 3. The summed E-state index contributed by atoms with van der Waals surface area (Å²) in [5.41, 5.74) is 8.07. The van der Waals surface area contributed by atoms with Gasteiger partial charge in [0.2, 0.25) is 0 Å². The Hall–Kier alpha value is -3.02. The summed E-state index contributed by atoms with van der Waals surface area (Å²) in [5.74, 6) is 0.502. The predicted octanol–water partition coefficient (Wildman–Crippen LogP) is 2.42. The fourth-order valence-electron chi connectivity index (χ4n) is 2.09. The van der Waals surface area contributed by atoms with Crippen molar-refractivity contribution in [1.29, 1.82) is 0 Å². The third-order valence-corrected chi connectivity index (χ3v) is 3.34. The van der Waals surface area contributed by atoms with Crippen LogP contribution in [0.2, 0.25) is 0 Å². The zero-order valence-corrected chi connectivity index (χ0v) is 13.1. The van der Waals surface area contributed by atoms with E-state index in [0.717, 1.165) is 11.1 Å². The van der Waals surface area contributed by atoms with Crippen molar-refractivity contribution in [3.63, 3.8) is 0 Å². The molecule has 6 heteroatoms. The Balaban J connectivity index is 1.97. The van der Waals surface area contributed by atoms with E-state index in [0.29, 0.717) is 23.5 Å². The lowest BCUT2D eigenvalue weighted by atomic mass is 10.1. The Kier molecular flexibility index (Phi) is 5.19. The molecule has 0 saturated heterocycles. The van der Waals surface area contributed by atoms with Crippen LogP contribution < -0.4 is 21.1 Å². The molecule has 2 aromatic rings. The topological polar surface area (TPSA) is 93.4 Å². The molecule has 0 bridgehead atoms. The monoisotopic (exact) mass is 313 g/mol. The first-order valence-corrected chi connectivity index (χ1v) is 7.08. The lowest BCUT2D eigenvalue weighted by Crippen LogP contribution is -2.23. The number of primary amides is 1. The van der Waals surface area contributed by atoms with Crippen LogP contribution in [0.15, 0.2) is 42.5 Å². The van der Waals surface area contributed by atoms with E-state index in [1.165, 1.54) is 0 Å². The summed E-state index contributed by atoms with van der Waals surface area (Å²) in [5, 5.41) is 5.32. The molecule has 120 valence electrons. The number of ether oxygens (including phenoxy) is 1. The lowest BCUT2D eigenvalue weighted by molar-refractivity contribution is 0.0950. The molecule has 2 rings (SSSR count). The summed E-state index contributed by atoms with van der Waals surface area (Å²) in [6, 6.07) is 11.8. The number of nitrogens with two attached hydrogens (primary N) is 1. The van der Waals surface area contributed by atoms with Crippen molar-refractivity contribution in [2.75, 3.05) is 12.4 Å². The maximum atomic E-state index is 12.2. The molecule has 0 aliphatic carbocycles. The standard InChI is InChI=1S/C17H19N3O3/c1-11-3-6-13(9-15(11)23-2)16(21)19-10-12-4-7-14(8-5-12)20-17(18)22/h3-9H,10H2,1-2H3,(H,19,21)(H3,18,20,22). The fraction of sp³-hybridized carbons (Fsp3) is 0.176. The van der Waals surface area contributed by atoms with Gasteiger partial charge < -0.3 is 21.1 Å². The van der Waals surface area contributed by atoms with Gasteiger partial charge in [0.25, 0.3) is 5.91 Å². The number of nitrogens with one attached hydrogen (secondary N) is 2. The van der Waals surface area contributed by atoms with Gasteiger partial charge in [0.1, 0.15) is 5.75 Å². The van der Waals surface area contributed by atoms with Gasteiger partial charge in [-0.2, -0.15) is 0 Å². The molecule has 3 amide bonds.